The zero-order chi connectivity index (χ0) is 15.7. The molecule has 0 radical (unpaired) electrons. The number of nitrogens with one attached hydrogen (secondary N) is 1. The molecule has 0 bridgehead atoms. The van der Waals surface area contributed by atoms with E-state index >= 15 is 0 Å². The Morgan fingerprint density at radius 1 is 1.27 bits per heavy atom. The molecule has 0 aliphatic carbocycles. The van der Waals surface area contributed by atoms with E-state index in [1.165, 1.54) is 23.5 Å². The number of hydrogen-bond acceptors (Lipinski definition) is 3. The zero-order valence-corrected chi connectivity index (χ0v) is 12.9. The van der Waals surface area contributed by atoms with Gasteiger partial charge in [0.25, 0.3) is 5.91 Å². The Hall–Kier alpha value is -2.47. The quantitative estimate of drug-likeness (QED) is 0.798. The van der Waals surface area contributed by atoms with Crippen LogP contribution in [0.5, 0.6) is 0 Å². The van der Waals surface area contributed by atoms with Crippen LogP contribution >= 0.6 is 11.3 Å². The first kappa shape index (κ1) is 14.5. The lowest BCUT2D eigenvalue weighted by atomic mass is 10.3. The summed E-state index contributed by atoms with van der Waals surface area (Å²) >= 11 is 1.39. The van der Waals surface area contributed by atoms with Gasteiger partial charge in [0.2, 0.25) is 0 Å². The number of amides is 1. The molecule has 0 spiro atoms. The van der Waals surface area contributed by atoms with Crippen LogP contribution in [0.4, 0.5) is 10.1 Å². The first-order valence-corrected chi connectivity index (χ1v) is 7.58. The normalized spacial score (nSPS) is 10.7. The summed E-state index contributed by atoms with van der Waals surface area (Å²) in [6.45, 7) is 2.00. The Kier molecular flexibility index (Phi) is 3.77. The number of anilines is 1. The maximum absolute atomic E-state index is 13.6. The lowest BCUT2D eigenvalue weighted by molar-refractivity contribution is 0.102. The fourth-order valence-corrected chi connectivity index (χ4v) is 2.93. The second-order valence-corrected chi connectivity index (χ2v) is 5.75. The number of hydrogen-bond donors (Lipinski definition) is 1. The average Bonchev–Trinajstić information content (AvgIpc) is 3.10. The molecule has 1 N–H and O–H groups in total. The van der Waals surface area contributed by atoms with Gasteiger partial charge >= 0.3 is 0 Å². The molecule has 3 rings (SSSR count). The first-order chi connectivity index (χ1) is 10.6. The fraction of sp³-hybridized carbons (Fsp3) is 0.125. The molecule has 6 heteroatoms. The molecule has 1 aromatic carbocycles. The largest absolute Gasteiger partial charge is 0.346 e. The van der Waals surface area contributed by atoms with Gasteiger partial charge in [0.15, 0.2) is 0 Å². The van der Waals surface area contributed by atoms with Gasteiger partial charge < -0.3 is 9.88 Å². The van der Waals surface area contributed by atoms with Crippen LogP contribution in [0.1, 0.15) is 16.2 Å². The van der Waals surface area contributed by atoms with Crippen molar-refractivity contribution in [2.45, 2.75) is 6.92 Å². The van der Waals surface area contributed by atoms with E-state index in [4.69, 9.17) is 0 Å². The van der Waals surface area contributed by atoms with Crippen molar-refractivity contribution in [3.05, 3.63) is 59.0 Å². The molecule has 4 nitrogen and oxygen atoms in total. The Morgan fingerprint density at radius 2 is 2.05 bits per heavy atom. The number of benzene rings is 1. The van der Waals surface area contributed by atoms with Crippen molar-refractivity contribution in [3.63, 3.8) is 0 Å². The van der Waals surface area contributed by atoms with E-state index in [1.807, 2.05) is 30.7 Å². The summed E-state index contributed by atoms with van der Waals surface area (Å²) in [7, 11) is 1.95. The van der Waals surface area contributed by atoms with E-state index < -0.39 is 11.7 Å². The Labute approximate surface area is 131 Å². The lowest BCUT2D eigenvalue weighted by Gasteiger charge is -2.04. The van der Waals surface area contributed by atoms with Gasteiger partial charge in [-0.3, -0.25) is 4.79 Å². The highest BCUT2D eigenvalue weighted by molar-refractivity contribution is 7.13. The van der Waals surface area contributed by atoms with Crippen molar-refractivity contribution in [1.29, 1.82) is 0 Å². The van der Waals surface area contributed by atoms with Crippen LogP contribution in [0.2, 0.25) is 0 Å². The Morgan fingerprint density at radius 3 is 2.73 bits per heavy atom. The van der Waals surface area contributed by atoms with Gasteiger partial charge in [-0.15, -0.1) is 11.3 Å². The number of aromatic nitrogens is 2. The van der Waals surface area contributed by atoms with Gasteiger partial charge in [0.1, 0.15) is 16.5 Å². The standard InChI is InChI=1S/C16H14FN3OS/c1-10-7-8-14(20(10)2)16-19-13(9-22-16)15(21)18-12-6-4-3-5-11(12)17/h3-9H,1-2H3,(H,18,21). The summed E-state index contributed by atoms with van der Waals surface area (Å²) in [5, 5.41) is 4.97. The van der Waals surface area contributed by atoms with Crippen molar-refractivity contribution in [2.24, 2.45) is 7.05 Å². The number of carbonyl (C=O) groups excluding carboxylic acids is 1. The van der Waals surface area contributed by atoms with E-state index in [1.54, 1.807) is 17.5 Å². The number of rotatable bonds is 3. The first-order valence-electron chi connectivity index (χ1n) is 6.70. The molecule has 2 heterocycles. The minimum Gasteiger partial charge on any atom is -0.346 e. The predicted molar refractivity (Wildman–Crippen MR) is 85.6 cm³/mol. The van der Waals surface area contributed by atoms with Crippen LogP contribution in [0.25, 0.3) is 10.7 Å². The summed E-state index contributed by atoms with van der Waals surface area (Å²) in [5.74, 6) is -0.886. The molecule has 0 aliphatic rings. The predicted octanol–water partition coefficient (Wildman–Crippen LogP) is 3.85. The topological polar surface area (TPSA) is 46.9 Å². The van der Waals surface area contributed by atoms with Gasteiger partial charge in [-0.1, -0.05) is 12.1 Å². The zero-order valence-electron chi connectivity index (χ0n) is 12.1. The van der Waals surface area contributed by atoms with E-state index in [0.29, 0.717) is 0 Å². The second kappa shape index (κ2) is 5.73. The van der Waals surface area contributed by atoms with Crippen LogP contribution in [-0.2, 0) is 7.05 Å². The molecule has 0 aliphatic heterocycles. The molecule has 22 heavy (non-hydrogen) atoms. The van der Waals surface area contributed by atoms with Crippen LogP contribution in [0, 0.1) is 12.7 Å². The highest BCUT2D eigenvalue weighted by Crippen LogP contribution is 2.25. The number of para-hydroxylation sites is 1. The Balaban J connectivity index is 1.83. The van der Waals surface area contributed by atoms with Gasteiger partial charge in [0.05, 0.1) is 11.4 Å². The van der Waals surface area contributed by atoms with E-state index in [2.05, 4.69) is 10.3 Å². The van der Waals surface area contributed by atoms with Crippen LogP contribution in [0.15, 0.2) is 41.8 Å². The number of aryl methyl sites for hydroxylation is 1. The minimum absolute atomic E-state index is 0.150. The molecule has 3 aromatic rings. The molecule has 1 amide bonds. The van der Waals surface area contributed by atoms with Gasteiger partial charge in [-0.05, 0) is 31.2 Å². The summed E-state index contributed by atoms with van der Waals surface area (Å²) in [4.78, 5) is 16.5. The third-order valence-corrected chi connectivity index (χ3v) is 4.32. The van der Waals surface area contributed by atoms with Crippen molar-refractivity contribution in [3.8, 4) is 10.7 Å². The SMILES string of the molecule is Cc1ccc(-c2nc(C(=O)Nc3ccccc3F)cs2)n1C. The summed E-state index contributed by atoms with van der Waals surface area (Å²) < 4.78 is 15.6. The fourth-order valence-electron chi connectivity index (χ4n) is 2.07. The van der Waals surface area contributed by atoms with Gasteiger partial charge in [0, 0.05) is 18.1 Å². The van der Waals surface area contributed by atoms with Crippen LogP contribution < -0.4 is 5.32 Å². The molecule has 2 aromatic heterocycles. The average molecular weight is 315 g/mol. The van der Waals surface area contributed by atoms with E-state index in [9.17, 15) is 9.18 Å². The molecule has 0 atom stereocenters. The van der Waals surface area contributed by atoms with Gasteiger partial charge in [-0.2, -0.15) is 0 Å². The third kappa shape index (κ3) is 2.65. The van der Waals surface area contributed by atoms with Crippen molar-refractivity contribution in [1.82, 2.24) is 9.55 Å². The van der Waals surface area contributed by atoms with Gasteiger partial charge in [-0.25, -0.2) is 9.37 Å². The number of thiazole rings is 1. The van der Waals surface area contributed by atoms with Crippen LogP contribution in [0.3, 0.4) is 0 Å². The number of nitrogens with zero attached hydrogens (tertiary/aromatic N) is 2. The second-order valence-electron chi connectivity index (χ2n) is 4.89. The Bertz CT molecular complexity index is 838. The molecule has 112 valence electrons. The maximum atomic E-state index is 13.6. The monoisotopic (exact) mass is 315 g/mol. The molecule has 0 saturated carbocycles. The van der Waals surface area contributed by atoms with Crippen molar-refractivity contribution < 1.29 is 9.18 Å². The smallest absolute Gasteiger partial charge is 0.275 e. The summed E-state index contributed by atoms with van der Waals surface area (Å²) in [6.07, 6.45) is 0. The molecule has 0 saturated heterocycles. The maximum Gasteiger partial charge on any atom is 0.275 e. The minimum atomic E-state index is -0.468. The highest BCUT2D eigenvalue weighted by Gasteiger charge is 2.15. The summed E-state index contributed by atoms with van der Waals surface area (Å²) in [5.41, 5.74) is 2.49. The van der Waals surface area contributed by atoms with Crippen LogP contribution in [-0.4, -0.2) is 15.5 Å². The summed E-state index contributed by atoms with van der Waals surface area (Å²) in [6, 6.07) is 10.0. The number of halogens is 1. The van der Waals surface area contributed by atoms with Crippen molar-refractivity contribution in [2.75, 3.05) is 5.32 Å². The molecule has 0 unspecified atom stereocenters. The lowest BCUT2D eigenvalue weighted by Crippen LogP contribution is -2.13. The number of carbonyl (C=O) groups is 1. The van der Waals surface area contributed by atoms with E-state index in [0.717, 1.165) is 16.4 Å². The van der Waals surface area contributed by atoms with E-state index in [-0.39, 0.29) is 11.4 Å². The third-order valence-electron chi connectivity index (χ3n) is 3.45. The van der Waals surface area contributed by atoms with Crippen molar-refractivity contribution >= 4 is 22.9 Å². The molecular weight excluding hydrogens is 301 g/mol. The molecule has 0 fully saturated rings. The highest BCUT2D eigenvalue weighted by atomic mass is 32.1. The molecular formula is C16H14FN3OS.